The predicted octanol–water partition coefficient (Wildman–Crippen LogP) is 2.94. The standard InChI is InChI=1S/C9H7BrClN3/c1-4-2-5(10)3-6-7(4)13-9(11)14-8(6)12/h2-3H,1H3,(H2,12,13,14). The highest BCUT2D eigenvalue weighted by Gasteiger charge is 2.06. The fourth-order valence-electron chi connectivity index (χ4n) is 1.36. The minimum absolute atomic E-state index is 0.181. The van der Waals surface area contributed by atoms with Crippen LogP contribution in [0.3, 0.4) is 0 Å². The van der Waals surface area contributed by atoms with Crippen LogP contribution in [-0.2, 0) is 0 Å². The Morgan fingerprint density at radius 1 is 1.36 bits per heavy atom. The van der Waals surface area contributed by atoms with Gasteiger partial charge in [0.2, 0.25) is 5.28 Å². The lowest BCUT2D eigenvalue weighted by molar-refractivity contribution is 1.22. The maximum atomic E-state index is 5.74. The second kappa shape index (κ2) is 3.37. The van der Waals surface area contributed by atoms with Crippen LogP contribution in [0.4, 0.5) is 5.82 Å². The maximum absolute atomic E-state index is 5.74. The quantitative estimate of drug-likeness (QED) is 0.750. The van der Waals surface area contributed by atoms with Crippen molar-refractivity contribution in [1.29, 1.82) is 0 Å². The molecule has 0 saturated heterocycles. The highest BCUT2D eigenvalue weighted by atomic mass is 79.9. The number of rotatable bonds is 0. The SMILES string of the molecule is Cc1cc(Br)cc2c(N)nc(Cl)nc12. The van der Waals surface area contributed by atoms with E-state index in [0.717, 1.165) is 20.9 Å². The molecule has 2 aromatic rings. The lowest BCUT2D eigenvalue weighted by Gasteiger charge is -2.04. The number of halogens is 2. The third kappa shape index (κ3) is 1.55. The molecule has 0 bridgehead atoms. The van der Waals surface area contributed by atoms with Crippen molar-refractivity contribution >= 4 is 44.3 Å². The van der Waals surface area contributed by atoms with Crippen LogP contribution in [-0.4, -0.2) is 9.97 Å². The van der Waals surface area contributed by atoms with Gasteiger partial charge in [0.15, 0.2) is 0 Å². The van der Waals surface area contributed by atoms with Crippen molar-refractivity contribution < 1.29 is 0 Å². The summed E-state index contributed by atoms with van der Waals surface area (Å²) in [5, 5.41) is 1.00. The number of fused-ring (bicyclic) bond motifs is 1. The number of nitrogen functional groups attached to an aromatic ring is 1. The van der Waals surface area contributed by atoms with E-state index < -0.39 is 0 Å². The van der Waals surface area contributed by atoms with Crippen LogP contribution in [0.25, 0.3) is 10.9 Å². The first kappa shape index (κ1) is 9.68. The van der Waals surface area contributed by atoms with Crippen LogP contribution in [0, 0.1) is 6.92 Å². The second-order valence-corrected chi connectivity index (χ2v) is 4.25. The van der Waals surface area contributed by atoms with Gasteiger partial charge in [-0.3, -0.25) is 0 Å². The highest BCUT2D eigenvalue weighted by molar-refractivity contribution is 9.10. The predicted molar refractivity (Wildman–Crippen MR) is 61.4 cm³/mol. The van der Waals surface area contributed by atoms with Gasteiger partial charge >= 0.3 is 0 Å². The number of nitrogens with zero attached hydrogens (tertiary/aromatic N) is 2. The van der Waals surface area contributed by atoms with Crippen LogP contribution in [0.2, 0.25) is 5.28 Å². The Labute approximate surface area is 94.4 Å². The molecule has 0 aliphatic carbocycles. The fraction of sp³-hybridized carbons (Fsp3) is 0.111. The monoisotopic (exact) mass is 271 g/mol. The third-order valence-electron chi connectivity index (χ3n) is 1.96. The summed E-state index contributed by atoms with van der Waals surface area (Å²) in [7, 11) is 0. The van der Waals surface area contributed by atoms with Gasteiger partial charge in [-0.1, -0.05) is 15.9 Å². The molecule has 0 amide bonds. The normalized spacial score (nSPS) is 10.8. The van der Waals surface area contributed by atoms with Crippen molar-refractivity contribution in [2.24, 2.45) is 0 Å². The van der Waals surface area contributed by atoms with Gasteiger partial charge in [-0.15, -0.1) is 0 Å². The molecule has 1 aromatic heterocycles. The Bertz CT molecular complexity index is 466. The molecule has 0 unspecified atom stereocenters. The molecule has 2 N–H and O–H groups in total. The lowest BCUT2D eigenvalue weighted by atomic mass is 10.1. The van der Waals surface area contributed by atoms with Gasteiger partial charge in [0.05, 0.1) is 5.52 Å². The van der Waals surface area contributed by atoms with Crippen molar-refractivity contribution in [3.63, 3.8) is 0 Å². The Morgan fingerprint density at radius 2 is 2.07 bits per heavy atom. The summed E-state index contributed by atoms with van der Waals surface area (Å²) >= 11 is 9.11. The van der Waals surface area contributed by atoms with E-state index in [1.54, 1.807) is 0 Å². The smallest absolute Gasteiger partial charge is 0.224 e. The first-order valence-electron chi connectivity index (χ1n) is 3.97. The van der Waals surface area contributed by atoms with Crippen molar-refractivity contribution in [2.45, 2.75) is 6.92 Å². The molecule has 0 radical (unpaired) electrons. The number of anilines is 1. The van der Waals surface area contributed by atoms with Crippen molar-refractivity contribution in [2.75, 3.05) is 5.73 Å². The van der Waals surface area contributed by atoms with E-state index in [4.69, 9.17) is 17.3 Å². The molecule has 0 aliphatic rings. The topological polar surface area (TPSA) is 51.8 Å². The Balaban J connectivity index is 2.94. The minimum atomic E-state index is 0.181. The first-order valence-corrected chi connectivity index (χ1v) is 5.14. The number of benzene rings is 1. The minimum Gasteiger partial charge on any atom is -0.383 e. The number of aryl methyl sites for hydroxylation is 1. The van der Waals surface area contributed by atoms with E-state index in [1.165, 1.54) is 0 Å². The van der Waals surface area contributed by atoms with E-state index in [9.17, 15) is 0 Å². The molecule has 2 rings (SSSR count). The zero-order valence-electron chi connectivity index (χ0n) is 7.38. The molecule has 14 heavy (non-hydrogen) atoms. The van der Waals surface area contributed by atoms with E-state index in [-0.39, 0.29) is 5.28 Å². The van der Waals surface area contributed by atoms with E-state index in [1.807, 2.05) is 19.1 Å². The summed E-state index contributed by atoms with van der Waals surface area (Å²) in [6.07, 6.45) is 0. The average molecular weight is 273 g/mol. The molecule has 0 aliphatic heterocycles. The van der Waals surface area contributed by atoms with Gasteiger partial charge in [-0.2, -0.15) is 0 Å². The molecule has 72 valence electrons. The Kier molecular flexibility index (Phi) is 2.33. The zero-order valence-corrected chi connectivity index (χ0v) is 9.72. The molecule has 1 aromatic carbocycles. The van der Waals surface area contributed by atoms with Crippen LogP contribution in [0.1, 0.15) is 5.56 Å². The van der Waals surface area contributed by atoms with E-state index in [0.29, 0.717) is 5.82 Å². The van der Waals surface area contributed by atoms with Gasteiger partial charge in [0.1, 0.15) is 5.82 Å². The molecule has 0 spiro atoms. The van der Waals surface area contributed by atoms with Gasteiger partial charge in [-0.05, 0) is 36.2 Å². The summed E-state index contributed by atoms with van der Waals surface area (Å²) in [5.74, 6) is 0.407. The van der Waals surface area contributed by atoms with Crippen molar-refractivity contribution in [3.8, 4) is 0 Å². The van der Waals surface area contributed by atoms with Crippen LogP contribution in [0.5, 0.6) is 0 Å². The second-order valence-electron chi connectivity index (χ2n) is 3.00. The Hall–Kier alpha value is -0.870. The zero-order chi connectivity index (χ0) is 10.3. The van der Waals surface area contributed by atoms with Crippen LogP contribution >= 0.6 is 27.5 Å². The van der Waals surface area contributed by atoms with Crippen LogP contribution < -0.4 is 5.73 Å². The van der Waals surface area contributed by atoms with Crippen LogP contribution in [0.15, 0.2) is 16.6 Å². The molecular formula is C9H7BrClN3. The molecule has 0 saturated carbocycles. The maximum Gasteiger partial charge on any atom is 0.224 e. The highest BCUT2D eigenvalue weighted by Crippen LogP contribution is 2.26. The van der Waals surface area contributed by atoms with E-state index in [2.05, 4.69) is 25.9 Å². The summed E-state index contributed by atoms with van der Waals surface area (Å²) in [6, 6.07) is 3.85. The third-order valence-corrected chi connectivity index (χ3v) is 2.58. The van der Waals surface area contributed by atoms with Crippen molar-refractivity contribution in [3.05, 3.63) is 27.5 Å². The summed E-state index contributed by atoms with van der Waals surface area (Å²) in [6.45, 7) is 1.95. The van der Waals surface area contributed by atoms with Gasteiger partial charge in [0, 0.05) is 9.86 Å². The molecule has 0 fully saturated rings. The average Bonchev–Trinajstić information content (AvgIpc) is 2.07. The largest absolute Gasteiger partial charge is 0.383 e. The summed E-state index contributed by atoms with van der Waals surface area (Å²) in [4.78, 5) is 8.03. The lowest BCUT2D eigenvalue weighted by Crippen LogP contribution is -1.96. The molecule has 0 atom stereocenters. The molecular weight excluding hydrogens is 265 g/mol. The summed E-state index contributed by atoms with van der Waals surface area (Å²) in [5.41, 5.74) is 7.55. The van der Waals surface area contributed by atoms with Gasteiger partial charge < -0.3 is 5.73 Å². The van der Waals surface area contributed by atoms with Crippen molar-refractivity contribution in [1.82, 2.24) is 9.97 Å². The molecule has 1 heterocycles. The Morgan fingerprint density at radius 3 is 2.79 bits per heavy atom. The van der Waals surface area contributed by atoms with Gasteiger partial charge in [-0.25, -0.2) is 9.97 Å². The number of aromatic nitrogens is 2. The number of nitrogens with two attached hydrogens (primary N) is 1. The number of hydrogen-bond donors (Lipinski definition) is 1. The van der Waals surface area contributed by atoms with E-state index >= 15 is 0 Å². The summed E-state index contributed by atoms with van der Waals surface area (Å²) < 4.78 is 0.958. The first-order chi connectivity index (χ1) is 6.58. The fourth-order valence-corrected chi connectivity index (χ4v) is 2.10. The molecule has 3 nitrogen and oxygen atoms in total. The van der Waals surface area contributed by atoms with Gasteiger partial charge in [0.25, 0.3) is 0 Å². The number of hydrogen-bond acceptors (Lipinski definition) is 3. The molecule has 5 heteroatoms.